The van der Waals surface area contributed by atoms with Gasteiger partial charge in [-0.1, -0.05) is 19.3 Å². The second kappa shape index (κ2) is 5.32. The lowest BCUT2D eigenvalue weighted by Gasteiger charge is -2.34. The monoisotopic (exact) mass is 201 g/mol. The van der Waals surface area contributed by atoms with Crippen molar-refractivity contribution in [3.8, 4) is 0 Å². The lowest BCUT2D eigenvalue weighted by molar-refractivity contribution is -0.147. The van der Waals surface area contributed by atoms with Gasteiger partial charge in [0.15, 0.2) is 0 Å². The third-order valence-electron chi connectivity index (χ3n) is 2.86. The van der Waals surface area contributed by atoms with Gasteiger partial charge in [0, 0.05) is 13.7 Å². The molecule has 0 bridgehead atoms. The Hall–Kier alpha value is -0.610. The topological polar surface area (TPSA) is 58.6 Å². The molecule has 1 fully saturated rings. The van der Waals surface area contributed by atoms with Crippen LogP contribution in [0.2, 0.25) is 0 Å². The van der Waals surface area contributed by atoms with Gasteiger partial charge in [-0.3, -0.25) is 4.79 Å². The van der Waals surface area contributed by atoms with Crippen LogP contribution in [0.15, 0.2) is 0 Å². The summed E-state index contributed by atoms with van der Waals surface area (Å²) in [6.45, 7) is 0.287. The fourth-order valence-electron chi connectivity index (χ4n) is 1.98. The Bertz CT molecular complexity index is 188. The lowest BCUT2D eigenvalue weighted by atomic mass is 9.84. The Morgan fingerprint density at radius 1 is 1.43 bits per heavy atom. The number of amides is 1. The maximum atomic E-state index is 11.8. The van der Waals surface area contributed by atoms with Crippen LogP contribution in [0, 0.1) is 0 Å². The van der Waals surface area contributed by atoms with Gasteiger partial charge in [-0.15, -0.1) is 0 Å². The SMILES string of the molecule is COC1(C(=O)NCCO)CCCCC1. The molecule has 2 N–H and O–H groups in total. The predicted molar refractivity (Wildman–Crippen MR) is 52.9 cm³/mol. The number of aliphatic hydroxyl groups is 1. The van der Waals surface area contributed by atoms with E-state index in [1.807, 2.05) is 0 Å². The number of nitrogens with one attached hydrogen (secondary N) is 1. The van der Waals surface area contributed by atoms with Crippen LogP contribution in [0.5, 0.6) is 0 Å². The second-order valence-electron chi connectivity index (χ2n) is 3.74. The normalized spacial score (nSPS) is 20.4. The quantitative estimate of drug-likeness (QED) is 0.694. The summed E-state index contributed by atoms with van der Waals surface area (Å²) in [5, 5.41) is 11.3. The number of methoxy groups -OCH3 is 1. The number of hydrogen-bond donors (Lipinski definition) is 2. The molecule has 0 radical (unpaired) electrons. The first kappa shape index (κ1) is 11.5. The molecule has 0 unspecified atom stereocenters. The van der Waals surface area contributed by atoms with Gasteiger partial charge >= 0.3 is 0 Å². The van der Waals surface area contributed by atoms with Gasteiger partial charge in [-0.05, 0) is 12.8 Å². The van der Waals surface area contributed by atoms with Crippen molar-refractivity contribution in [3.63, 3.8) is 0 Å². The van der Waals surface area contributed by atoms with Gasteiger partial charge in [0.1, 0.15) is 5.60 Å². The zero-order valence-electron chi connectivity index (χ0n) is 8.71. The van der Waals surface area contributed by atoms with Crippen LogP contribution < -0.4 is 5.32 Å². The molecule has 4 nitrogen and oxygen atoms in total. The molecule has 0 aromatic carbocycles. The molecule has 82 valence electrons. The number of carbonyl (C=O) groups is 1. The average Bonchev–Trinajstić information content (AvgIpc) is 2.26. The van der Waals surface area contributed by atoms with Crippen molar-refractivity contribution in [2.75, 3.05) is 20.3 Å². The van der Waals surface area contributed by atoms with E-state index < -0.39 is 5.60 Å². The molecule has 0 saturated heterocycles. The summed E-state index contributed by atoms with van der Waals surface area (Å²) in [7, 11) is 1.59. The van der Waals surface area contributed by atoms with E-state index in [9.17, 15) is 4.79 Å². The van der Waals surface area contributed by atoms with Gasteiger partial charge < -0.3 is 15.2 Å². The van der Waals surface area contributed by atoms with E-state index in [0.717, 1.165) is 25.7 Å². The molecule has 4 heteroatoms. The fraction of sp³-hybridized carbons (Fsp3) is 0.900. The molecule has 0 heterocycles. The Kier molecular flexibility index (Phi) is 4.35. The van der Waals surface area contributed by atoms with E-state index in [1.165, 1.54) is 6.42 Å². The van der Waals surface area contributed by atoms with Crippen LogP contribution in [0.3, 0.4) is 0 Å². The van der Waals surface area contributed by atoms with Crippen LogP contribution in [0.25, 0.3) is 0 Å². The highest BCUT2D eigenvalue weighted by atomic mass is 16.5. The minimum absolute atomic E-state index is 0.0223. The first-order valence-electron chi connectivity index (χ1n) is 5.19. The third kappa shape index (κ3) is 2.45. The van der Waals surface area contributed by atoms with E-state index in [2.05, 4.69) is 5.32 Å². The average molecular weight is 201 g/mol. The van der Waals surface area contributed by atoms with E-state index >= 15 is 0 Å². The van der Waals surface area contributed by atoms with Crippen molar-refractivity contribution in [2.45, 2.75) is 37.7 Å². The summed E-state index contributed by atoms with van der Waals surface area (Å²) >= 11 is 0. The smallest absolute Gasteiger partial charge is 0.252 e. The molecule has 1 aliphatic rings. The largest absolute Gasteiger partial charge is 0.395 e. The molecule has 0 aliphatic heterocycles. The Morgan fingerprint density at radius 2 is 2.07 bits per heavy atom. The molecular weight excluding hydrogens is 182 g/mol. The minimum Gasteiger partial charge on any atom is -0.395 e. The van der Waals surface area contributed by atoms with Gasteiger partial charge in [-0.25, -0.2) is 0 Å². The van der Waals surface area contributed by atoms with Crippen LogP contribution in [-0.4, -0.2) is 36.9 Å². The van der Waals surface area contributed by atoms with Gasteiger partial charge in [0.2, 0.25) is 0 Å². The Labute approximate surface area is 84.6 Å². The molecule has 14 heavy (non-hydrogen) atoms. The summed E-state index contributed by atoms with van der Waals surface area (Å²) < 4.78 is 5.34. The first-order chi connectivity index (χ1) is 6.75. The predicted octanol–water partition coefficient (Wildman–Crippen LogP) is 0.444. The molecule has 0 spiro atoms. The second-order valence-corrected chi connectivity index (χ2v) is 3.74. The summed E-state index contributed by atoms with van der Waals surface area (Å²) in [6, 6.07) is 0. The highest BCUT2D eigenvalue weighted by Gasteiger charge is 2.39. The highest BCUT2D eigenvalue weighted by Crippen LogP contribution is 2.31. The highest BCUT2D eigenvalue weighted by molar-refractivity contribution is 5.85. The van der Waals surface area contributed by atoms with Crippen molar-refractivity contribution in [2.24, 2.45) is 0 Å². The molecule has 0 aromatic rings. The van der Waals surface area contributed by atoms with E-state index in [1.54, 1.807) is 7.11 Å². The molecule has 1 amide bonds. The van der Waals surface area contributed by atoms with Crippen molar-refractivity contribution >= 4 is 5.91 Å². The molecule has 1 saturated carbocycles. The van der Waals surface area contributed by atoms with E-state index in [4.69, 9.17) is 9.84 Å². The maximum Gasteiger partial charge on any atom is 0.252 e. The molecule has 1 rings (SSSR count). The van der Waals surface area contributed by atoms with E-state index in [-0.39, 0.29) is 12.5 Å². The summed E-state index contributed by atoms with van der Waals surface area (Å²) in [5.74, 6) is -0.0752. The fourth-order valence-corrected chi connectivity index (χ4v) is 1.98. The van der Waals surface area contributed by atoms with Crippen molar-refractivity contribution < 1.29 is 14.6 Å². The number of aliphatic hydroxyl groups excluding tert-OH is 1. The zero-order valence-corrected chi connectivity index (χ0v) is 8.71. The third-order valence-corrected chi connectivity index (χ3v) is 2.86. The maximum absolute atomic E-state index is 11.8. The Balaban J connectivity index is 2.53. The van der Waals surface area contributed by atoms with Crippen LogP contribution in [0.4, 0.5) is 0 Å². The number of rotatable bonds is 4. The molecular formula is C10H19NO3. The number of hydrogen-bond acceptors (Lipinski definition) is 3. The Morgan fingerprint density at radius 3 is 2.57 bits per heavy atom. The molecule has 0 aromatic heterocycles. The van der Waals surface area contributed by atoms with Crippen LogP contribution >= 0.6 is 0 Å². The van der Waals surface area contributed by atoms with Gasteiger partial charge in [-0.2, -0.15) is 0 Å². The van der Waals surface area contributed by atoms with Crippen molar-refractivity contribution in [1.82, 2.24) is 5.32 Å². The summed E-state index contributed by atoms with van der Waals surface area (Å²) in [5.41, 5.74) is -0.632. The van der Waals surface area contributed by atoms with Gasteiger partial charge in [0.25, 0.3) is 5.91 Å². The lowest BCUT2D eigenvalue weighted by Crippen LogP contribution is -2.50. The van der Waals surface area contributed by atoms with Crippen molar-refractivity contribution in [3.05, 3.63) is 0 Å². The number of carbonyl (C=O) groups excluding carboxylic acids is 1. The summed E-state index contributed by atoms with van der Waals surface area (Å²) in [4.78, 5) is 11.8. The molecule has 0 atom stereocenters. The van der Waals surface area contributed by atoms with Crippen molar-refractivity contribution in [1.29, 1.82) is 0 Å². The van der Waals surface area contributed by atoms with Crippen LogP contribution in [-0.2, 0) is 9.53 Å². The summed E-state index contributed by atoms with van der Waals surface area (Å²) in [6.07, 6.45) is 4.85. The zero-order chi connectivity index (χ0) is 10.4. The van der Waals surface area contributed by atoms with E-state index in [0.29, 0.717) is 6.54 Å². The first-order valence-corrected chi connectivity index (χ1v) is 5.19. The number of ether oxygens (including phenoxy) is 1. The standard InChI is InChI=1S/C10H19NO3/c1-14-10(5-3-2-4-6-10)9(13)11-7-8-12/h12H,2-8H2,1H3,(H,11,13). The van der Waals surface area contributed by atoms with Crippen LogP contribution in [0.1, 0.15) is 32.1 Å². The van der Waals surface area contributed by atoms with Gasteiger partial charge in [0.05, 0.1) is 6.61 Å². The molecule has 1 aliphatic carbocycles. The minimum atomic E-state index is -0.632.